The van der Waals surface area contributed by atoms with Crippen LogP contribution in [0.2, 0.25) is 0 Å². The lowest BCUT2D eigenvalue weighted by Gasteiger charge is -2.24. The first-order valence-corrected chi connectivity index (χ1v) is 9.60. The highest BCUT2D eigenvalue weighted by Crippen LogP contribution is 2.23. The Hall–Kier alpha value is -1.41. The number of sulfonamides is 1. The van der Waals surface area contributed by atoms with E-state index in [0.29, 0.717) is 17.9 Å². The van der Waals surface area contributed by atoms with Crippen LogP contribution in [0.3, 0.4) is 0 Å². The molecule has 1 heterocycles. The van der Waals surface area contributed by atoms with Gasteiger partial charge in [-0.3, -0.25) is 0 Å². The van der Waals surface area contributed by atoms with Crippen molar-refractivity contribution in [2.75, 3.05) is 27.7 Å². The van der Waals surface area contributed by atoms with Gasteiger partial charge in [0, 0.05) is 12.6 Å². The van der Waals surface area contributed by atoms with E-state index in [0.717, 1.165) is 5.56 Å². The second-order valence-corrected chi connectivity index (χ2v) is 8.03. The van der Waals surface area contributed by atoms with Gasteiger partial charge in [0.15, 0.2) is 0 Å². The van der Waals surface area contributed by atoms with Crippen LogP contribution < -0.4 is 9.46 Å². The molecule has 1 unspecified atom stereocenters. The quantitative estimate of drug-likeness (QED) is 0.830. The van der Waals surface area contributed by atoms with Gasteiger partial charge in [0.1, 0.15) is 5.75 Å². The Morgan fingerprint density at radius 2 is 2.04 bits per heavy atom. The Kier molecular flexibility index (Phi) is 5.80. The maximum absolute atomic E-state index is 12.6. The summed E-state index contributed by atoms with van der Waals surface area (Å²) >= 11 is 1.60. The second-order valence-electron chi connectivity index (χ2n) is 5.52. The summed E-state index contributed by atoms with van der Waals surface area (Å²) in [5.41, 5.74) is 1.77. The van der Waals surface area contributed by atoms with Crippen molar-refractivity contribution < 1.29 is 13.2 Å². The molecule has 0 radical (unpaired) electrons. The van der Waals surface area contributed by atoms with Crippen molar-refractivity contribution in [3.63, 3.8) is 0 Å². The lowest BCUT2D eigenvalue weighted by Crippen LogP contribution is -2.34. The van der Waals surface area contributed by atoms with Crippen molar-refractivity contribution in [3.8, 4) is 5.75 Å². The lowest BCUT2D eigenvalue weighted by atomic mass is 10.1. The molecule has 2 aromatic rings. The molecule has 23 heavy (non-hydrogen) atoms. The minimum atomic E-state index is -3.56. The third-order valence-corrected chi connectivity index (χ3v) is 5.97. The van der Waals surface area contributed by atoms with Gasteiger partial charge < -0.3 is 9.64 Å². The van der Waals surface area contributed by atoms with E-state index in [2.05, 4.69) is 4.72 Å². The normalized spacial score (nSPS) is 13.3. The zero-order chi connectivity index (χ0) is 17.0. The molecule has 1 aromatic carbocycles. The van der Waals surface area contributed by atoms with Crippen LogP contribution in [0, 0.1) is 6.92 Å². The number of aryl methyl sites for hydroxylation is 1. The lowest BCUT2D eigenvalue weighted by molar-refractivity contribution is 0.300. The van der Waals surface area contributed by atoms with Crippen LogP contribution in [0.5, 0.6) is 5.75 Å². The number of likely N-dealkylation sites (N-methyl/N-ethyl adjacent to an activating group) is 1. The van der Waals surface area contributed by atoms with Crippen LogP contribution in [0.15, 0.2) is 39.9 Å². The van der Waals surface area contributed by atoms with Gasteiger partial charge in [-0.15, -0.1) is 0 Å². The molecule has 0 spiro atoms. The zero-order valence-electron chi connectivity index (χ0n) is 13.7. The highest BCUT2D eigenvalue weighted by molar-refractivity contribution is 7.89. The molecular formula is C16H22N2O3S2. The molecule has 0 aliphatic rings. The van der Waals surface area contributed by atoms with Gasteiger partial charge in [0.05, 0.1) is 12.0 Å². The summed E-state index contributed by atoms with van der Waals surface area (Å²) in [7, 11) is 1.87. The summed E-state index contributed by atoms with van der Waals surface area (Å²) in [6, 6.07) is 6.96. The molecule has 0 aliphatic heterocycles. The third kappa shape index (κ3) is 4.32. The zero-order valence-corrected chi connectivity index (χ0v) is 15.4. The summed E-state index contributed by atoms with van der Waals surface area (Å²) in [5.74, 6) is 0.644. The van der Waals surface area contributed by atoms with E-state index in [9.17, 15) is 8.42 Å². The Morgan fingerprint density at radius 1 is 1.30 bits per heavy atom. The largest absolute Gasteiger partial charge is 0.497 e. The number of hydrogen-bond acceptors (Lipinski definition) is 5. The average Bonchev–Trinajstić information content (AvgIpc) is 3.00. The average molecular weight is 354 g/mol. The van der Waals surface area contributed by atoms with Gasteiger partial charge in [-0.05, 0) is 67.2 Å². The van der Waals surface area contributed by atoms with Gasteiger partial charge in [-0.1, -0.05) is 0 Å². The molecule has 0 saturated heterocycles. The second kappa shape index (κ2) is 7.44. The fourth-order valence-corrected chi connectivity index (χ4v) is 4.35. The number of thiophene rings is 1. The fourth-order valence-electron chi connectivity index (χ4n) is 2.38. The Bertz CT molecular complexity index is 741. The minimum Gasteiger partial charge on any atom is -0.497 e. The number of hydrogen-bond donors (Lipinski definition) is 1. The van der Waals surface area contributed by atoms with Crippen molar-refractivity contribution in [3.05, 3.63) is 46.2 Å². The molecule has 5 nitrogen and oxygen atoms in total. The summed E-state index contributed by atoms with van der Waals surface area (Å²) in [6.45, 7) is 2.08. The van der Waals surface area contributed by atoms with Gasteiger partial charge >= 0.3 is 0 Å². The van der Waals surface area contributed by atoms with Crippen LogP contribution in [-0.4, -0.2) is 41.1 Å². The Labute approximate surface area is 142 Å². The number of nitrogens with one attached hydrogen (secondary N) is 1. The Balaban J connectivity index is 2.18. The third-order valence-electron chi connectivity index (χ3n) is 3.69. The predicted molar refractivity (Wildman–Crippen MR) is 93.7 cm³/mol. The number of ether oxygens (including phenoxy) is 1. The van der Waals surface area contributed by atoms with Crippen molar-refractivity contribution in [1.82, 2.24) is 9.62 Å². The maximum atomic E-state index is 12.6. The summed E-state index contributed by atoms with van der Waals surface area (Å²) in [6.07, 6.45) is 0. The van der Waals surface area contributed by atoms with Crippen LogP contribution in [0.1, 0.15) is 17.2 Å². The van der Waals surface area contributed by atoms with E-state index in [4.69, 9.17) is 4.74 Å². The highest BCUT2D eigenvalue weighted by Gasteiger charge is 2.21. The first-order valence-electron chi connectivity index (χ1n) is 7.18. The summed E-state index contributed by atoms with van der Waals surface area (Å²) < 4.78 is 33.0. The molecule has 2 rings (SSSR count). The van der Waals surface area contributed by atoms with E-state index in [1.165, 1.54) is 0 Å². The van der Waals surface area contributed by atoms with E-state index in [1.54, 1.807) is 43.6 Å². The molecule has 0 bridgehead atoms. The van der Waals surface area contributed by atoms with Crippen LogP contribution >= 0.6 is 11.3 Å². The van der Waals surface area contributed by atoms with Crippen molar-refractivity contribution >= 4 is 21.4 Å². The molecular weight excluding hydrogens is 332 g/mol. The van der Waals surface area contributed by atoms with Crippen molar-refractivity contribution in [2.24, 2.45) is 0 Å². The van der Waals surface area contributed by atoms with E-state index < -0.39 is 10.0 Å². The molecule has 0 amide bonds. The van der Waals surface area contributed by atoms with Crippen molar-refractivity contribution in [2.45, 2.75) is 17.9 Å². The molecule has 0 fully saturated rings. The predicted octanol–water partition coefficient (Wildman–Crippen LogP) is 2.65. The summed E-state index contributed by atoms with van der Waals surface area (Å²) in [5, 5.41) is 4.03. The smallest absolute Gasteiger partial charge is 0.240 e. The first kappa shape index (κ1) is 17.9. The monoisotopic (exact) mass is 354 g/mol. The van der Waals surface area contributed by atoms with Gasteiger partial charge in [-0.25, -0.2) is 13.1 Å². The number of rotatable bonds is 7. The maximum Gasteiger partial charge on any atom is 0.240 e. The standard InChI is InChI=1S/C16H22N2O3S2/c1-12-9-14(21-4)5-6-16(12)23(19,20)17-10-15(18(2)3)13-7-8-22-11-13/h5-9,11,15,17H,10H2,1-4H3. The molecule has 0 aliphatic carbocycles. The van der Waals surface area contributed by atoms with E-state index in [1.807, 2.05) is 35.8 Å². The minimum absolute atomic E-state index is 0.00502. The molecule has 1 N–H and O–H groups in total. The fraction of sp³-hybridized carbons (Fsp3) is 0.375. The molecule has 1 aromatic heterocycles. The first-order chi connectivity index (χ1) is 10.8. The van der Waals surface area contributed by atoms with Crippen LogP contribution in [0.25, 0.3) is 0 Å². The number of nitrogens with zero attached hydrogens (tertiary/aromatic N) is 1. The highest BCUT2D eigenvalue weighted by atomic mass is 32.2. The molecule has 0 saturated carbocycles. The van der Waals surface area contributed by atoms with Gasteiger partial charge in [0.2, 0.25) is 10.0 Å². The summed E-state index contributed by atoms with van der Waals surface area (Å²) in [4.78, 5) is 2.28. The topological polar surface area (TPSA) is 58.6 Å². The SMILES string of the molecule is COc1ccc(S(=O)(=O)NCC(c2ccsc2)N(C)C)c(C)c1. The van der Waals surface area contributed by atoms with E-state index >= 15 is 0 Å². The van der Waals surface area contributed by atoms with Crippen LogP contribution in [0.4, 0.5) is 0 Å². The Morgan fingerprint density at radius 3 is 2.57 bits per heavy atom. The molecule has 7 heteroatoms. The molecule has 126 valence electrons. The number of benzene rings is 1. The van der Waals surface area contributed by atoms with Crippen LogP contribution in [-0.2, 0) is 10.0 Å². The van der Waals surface area contributed by atoms with Gasteiger partial charge in [-0.2, -0.15) is 11.3 Å². The van der Waals surface area contributed by atoms with Gasteiger partial charge in [0.25, 0.3) is 0 Å². The number of methoxy groups -OCH3 is 1. The molecule has 1 atom stereocenters. The van der Waals surface area contributed by atoms with E-state index in [-0.39, 0.29) is 10.9 Å². The van der Waals surface area contributed by atoms with Crippen molar-refractivity contribution in [1.29, 1.82) is 0 Å².